The molecule has 1 amide bonds. The van der Waals surface area contributed by atoms with Crippen molar-refractivity contribution in [3.63, 3.8) is 0 Å². The Labute approximate surface area is 89.3 Å². The van der Waals surface area contributed by atoms with Crippen molar-refractivity contribution >= 4 is 11.9 Å². The maximum absolute atomic E-state index is 11.3. The van der Waals surface area contributed by atoms with Crippen LogP contribution in [0.25, 0.3) is 0 Å². The van der Waals surface area contributed by atoms with Gasteiger partial charge in [0, 0.05) is 13.3 Å². The first-order valence-corrected chi connectivity index (χ1v) is 4.44. The van der Waals surface area contributed by atoms with E-state index in [1.165, 1.54) is 13.8 Å². The lowest BCUT2D eigenvalue weighted by Gasteiger charge is -2.26. The molecule has 0 radical (unpaired) electrons. The number of aliphatic hydroxyl groups excluding tert-OH is 2. The second-order valence-electron chi connectivity index (χ2n) is 3.84. The molecular formula is C9H17NO5. The van der Waals surface area contributed by atoms with Crippen molar-refractivity contribution in [3.05, 3.63) is 0 Å². The maximum Gasteiger partial charge on any atom is 0.305 e. The molecule has 0 aliphatic rings. The van der Waals surface area contributed by atoms with E-state index in [0.29, 0.717) is 0 Å². The molecule has 0 aliphatic carbocycles. The van der Waals surface area contributed by atoms with Crippen LogP contribution in [0.4, 0.5) is 0 Å². The summed E-state index contributed by atoms with van der Waals surface area (Å²) in [6.45, 7) is 2.22. The minimum absolute atomic E-state index is 0.382. The van der Waals surface area contributed by atoms with Gasteiger partial charge in [-0.25, -0.2) is 0 Å². The molecule has 0 fully saturated rings. The van der Waals surface area contributed by atoms with E-state index >= 15 is 0 Å². The summed E-state index contributed by atoms with van der Waals surface area (Å²) in [7, 11) is 0. The van der Waals surface area contributed by atoms with E-state index in [0.717, 1.165) is 0 Å². The van der Waals surface area contributed by atoms with Gasteiger partial charge >= 0.3 is 5.97 Å². The summed E-state index contributed by atoms with van der Waals surface area (Å²) in [5.41, 5.74) is -1.01. The van der Waals surface area contributed by atoms with E-state index in [1.54, 1.807) is 0 Å². The molecule has 88 valence electrons. The van der Waals surface area contributed by atoms with Crippen molar-refractivity contribution in [1.82, 2.24) is 5.32 Å². The van der Waals surface area contributed by atoms with Gasteiger partial charge in [0.05, 0.1) is 13.0 Å². The summed E-state index contributed by atoms with van der Waals surface area (Å²) in [6, 6.07) is 0. The molecular weight excluding hydrogens is 202 g/mol. The van der Waals surface area contributed by atoms with Crippen LogP contribution in [-0.2, 0) is 9.59 Å². The molecule has 6 heteroatoms. The van der Waals surface area contributed by atoms with E-state index in [1.807, 2.05) is 0 Å². The van der Waals surface area contributed by atoms with Gasteiger partial charge in [0.15, 0.2) is 0 Å². The third-order valence-electron chi connectivity index (χ3n) is 1.95. The molecule has 0 saturated carbocycles. The summed E-state index contributed by atoms with van der Waals surface area (Å²) >= 11 is 0. The number of carboxylic acids is 1. The van der Waals surface area contributed by atoms with Crippen LogP contribution in [0.2, 0.25) is 0 Å². The van der Waals surface area contributed by atoms with Gasteiger partial charge in [0.25, 0.3) is 0 Å². The quantitative estimate of drug-likeness (QED) is 0.457. The number of amides is 1. The lowest BCUT2D eigenvalue weighted by atomic mass is 9.87. The van der Waals surface area contributed by atoms with E-state index in [-0.39, 0.29) is 13.2 Å². The fourth-order valence-electron chi connectivity index (χ4n) is 0.777. The van der Waals surface area contributed by atoms with Crippen molar-refractivity contribution in [2.24, 2.45) is 5.41 Å². The molecule has 0 aromatic carbocycles. The highest BCUT2D eigenvalue weighted by atomic mass is 16.4. The number of carbonyl (C=O) groups is 2. The number of aliphatic carboxylic acids is 1. The number of hydrogen-bond donors (Lipinski definition) is 4. The van der Waals surface area contributed by atoms with Crippen LogP contribution in [0.3, 0.4) is 0 Å². The van der Waals surface area contributed by atoms with Crippen LogP contribution >= 0.6 is 0 Å². The van der Waals surface area contributed by atoms with E-state index in [2.05, 4.69) is 5.32 Å². The zero-order chi connectivity index (χ0) is 12.9. The Bertz CT molecular complexity index is 269. The number of aliphatic hydroxyl groups is 2. The summed E-state index contributed by atoms with van der Waals surface area (Å²) in [5, 5.41) is 29.0. The standard InChI is InChI=1S/C9H17NO5/c1-9(2,5-11)7(14)8(15)10-4-3-6(12)13/h7,11,14H,3-5H2,1-2H3,(H,10,15)(H,12,13)/i3D. The monoisotopic (exact) mass is 220 g/mol. The highest BCUT2D eigenvalue weighted by Crippen LogP contribution is 2.19. The van der Waals surface area contributed by atoms with Crippen LogP contribution in [0.1, 0.15) is 21.6 Å². The van der Waals surface area contributed by atoms with Crippen LogP contribution in [-0.4, -0.2) is 46.5 Å². The predicted octanol–water partition coefficient (Wildman–Crippen LogP) is -1.04. The largest absolute Gasteiger partial charge is 0.481 e. The van der Waals surface area contributed by atoms with E-state index in [9.17, 15) is 14.7 Å². The third kappa shape index (κ3) is 4.75. The highest BCUT2D eigenvalue weighted by molar-refractivity contribution is 5.81. The Morgan fingerprint density at radius 3 is 2.47 bits per heavy atom. The van der Waals surface area contributed by atoms with E-state index in [4.69, 9.17) is 11.6 Å². The Morgan fingerprint density at radius 2 is 2.07 bits per heavy atom. The van der Waals surface area contributed by atoms with Crippen molar-refractivity contribution in [2.45, 2.75) is 26.3 Å². The zero-order valence-electron chi connectivity index (χ0n) is 9.73. The predicted molar refractivity (Wildman–Crippen MR) is 52.1 cm³/mol. The molecule has 2 atom stereocenters. The molecule has 4 N–H and O–H groups in total. The van der Waals surface area contributed by atoms with Gasteiger partial charge in [-0.2, -0.15) is 0 Å². The second kappa shape index (κ2) is 5.67. The van der Waals surface area contributed by atoms with Crippen LogP contribution in [0, 0.1) is 5.41 Å². The fraction of sp³-hybridized carbons (Fsp3) is 0.778. The van der Waals surface area contributed by atoms with Crippen LogP contribution in [0.5, 0.6) is 0 Å². The topological polar surface area (TPSA) is 107 Å². The van der Waals surface area contributed by atoms with Gasteiger partial charge in [0.1, 0.15) is 6.10 Å². The number of rotatable bonds is 6. The number of carbonyl (C=O) groups excluding carboxylic acids is 1. The highest BCUT2D eigenvalue weighted by Gasteiger charge is 2.32. The van der Waals surface area contributed by atoms with Crippen molar-refractivity contribution in [3.8, 4) is 0 Å². The molecule has 0 saturated heterocycles. The summed E-state index contributed by atoms with van der Waals surface area (Å²) in [4.78, 5) is 21.6. The average molecular weight is 220 g/mol. The van der Waals surface area contributed by atoms with Gasteiger partial charge in [-0.15, -0.1) is 0 Å². The fourth-order valence-corrected chi connectivity index (χ4v) is 0.777. The molecule has 2 unspecified atom stereocenters. The molecule has 0 spiro atoms. The van der Waals surface area contributed by atoms with Crippen LogP contribution in [0.15, 0.2) is 0 Å². The SMILES string of the molecule is [2H]C(CNC(=O)C(O)C(C)(C)CO)C(=O)O. The van der Waals surface area contributed by atoms with Gasteiger partial charge in [-0.05, 0) is 0 Å². The van der Waals surface area contributed by atoms with Gasteiger partial charge in [-0.3, -0.25) is 9.59 Å². The second-order valence-corrected chi connectivity index (χ2v) is 3.84. The molecule has 0 heterocycles. The van der Waals surface area contributed by atoms with E-state index < -0.39 is 29.8 Å². The third-order valence-corrected chi connectivity index (χ3v) is 1.95. The summed E-state index contributed by atoms with van der Waals surface area (Å²) < 4.78 is 7.02. The van der Waals surface area contributed by atoms with Gasteiger partial charge in [-0.1, -0.05) is 13.8 Å². The Hall–Kier alpha value is -1.14. The first kappa shape index (κ1) is 11.9. The van der Waals surface area contributed by atoms with Crippen molar-refractivity contribution in [2.75, 3.05) is 13.2 Å². The molecule has 0 aromatic heterocycles. The molecule has 6 nitrogen and oxygen atoms in total. The number of carboxylic acid groups (broad SMARTS) is 1. The molecule has 15 heavy (non-hydrogen) atoms. The number of hydrogen-bond acceptors (Lipinski definition) is 4. The Kier molecular flexibility index (Phi) is 4.51. The lowest BCUT2D eigenvalue weighted by molar-refractivity contribution is -0.138. The van der Waals surface area contributed by atoms with Gasteiger partial charge in [0.2, 0.25) is 5.91 Å². The summed E-state index contributed by atoms with van der Waals surface area (Å²) in [6.07, 6.45) is -2.91. The lowest BCUT2D eigenvalue weighted by Crippen LogP contribution is -2.45. The molecule has 0 bridgehead atoms. The smallest absolute Gasteiger partial charge is 0.305 e. The Balaban J connectivity index is 4.22. The summed E-state index contributed by atoms with van der Waals surface area (Å²) in [5.74, 6) is -2.14. The van der Waals surface area contributed by atoms with Crippen molar-refractivity contribution < 1.29 is 26.3 Å². The average Bonchev–Trinajstić information content (AvgIpc) is 2.23. The molecule has 0 aromatic rings. The number of nitrogens with one attached hydrogen (secondary N) is 1. The Morgan fingerprint density at radius 1 is 1.53 bits per heavy atom. The molecule has 0 aliphatic heterocycles. The van der Waals surface area contributed by atoms with Crippen LogP contribution < -0.4 is 5.32 Å². The van der Waals surface area contributed by atoms with Crippen molar-refractivity contribution in [1.29, 1.82) is 0 Å². The molecule has 0 rings (SSSR count). The zero-order valence-corrected chi connectivity index (χ0v) is 8.73. The normalized spacial score (nSPS) is 16.4. The van der Waals surface area contributed by atoms with Gasteiger partial charge < -0.3 is 20.6 Å². The minimum atomic E-state index is -1.46. The first-order valence-electron chi connectivity index (χ1n) is 5.02. The first-order chi connectivity index (χ1) is 7.22. The minimum Gasteiger partial charge on any atom is -0.481 e. The maximum atomic E-state index is 11.3.